The number of nitrogens with zero attached hydrogens (tertiary/aromatic N) is 1. The Morgan fingerprint density at radius 3 is 2.48 bits per heavy atom. The molecule has 3 N–H and O–H groups in total. The Labute approximate surface area is 183 Å². The van der Waals surface area contributed by atoms with Gasteiger partial charge < -0.3 is 25.2 Å². The fourth-order valence-corrected chi connectivity index (χ4v) is 4.69. The number of hydrogen-bond donors (Lipinski definition) is 3. The maximum atomic E-state index is 11.1. The molecule has 6 nitrogen and oxygen atoms in total. The minimum atomic E-state index is -0.593. The van der Waals surface area contributed by atoms with Gasteiger partial charge in [0.2, 0.25) is 5.91 Å². The highest BCUT2D eigenvalue weighted by Crippen LogP contribution is 2.45. The van der Waals surface area contributed by atoms with E-state index in [1.807, 2.05) is 30.3 Å². The van der Waals surface area contributed by atoms with Crippen molar-refractivity contribution in [1.82, 2.24) is 4.90 Å². The highest BCUT2D eigenvalue weighted by atomic mass is 16.5. The third-order valence-electron chi connectivity index (χ3n) is 6.69. The predicted molar refractivity (Wildman–Crippen MR) is 120 cm³/mol. The maximum Gasteiger partial charge on any atom is 0.221 e. The van der Waals surface area contributed by atoms with Gasteiger partial charge in [0.05, 0.1) is 12.2 Å². The lowest BCUT2D eigenvalue weighted by molar-refractivity contribution is -0.114. The third-order valence-corrected chi connectivity index (χ3v) is 6.69. The molecule has 0 aromatic heterocycles. The number of piperidine rings is 1. The predicted octanol–water partition coefficient (Wildman–Crippen LogP) is 3.65. The number of β-amino-alcohol motifs (C(OH)–C–C–N with tert-alkyl or cyclic N) is 1. The first-order chi connectivity index (χ1) is 14.7. The Morgan fingerprint density at radius 2 is 1.84 bits per heavy atom. The first kappa shape index (κ1) is 21.8. The Balaban J connectivity index is 1.36. The molecule has 6 heteroatoms. The van der Waals surface area contributed by atoms with Crippen molar-refractivity contribution in [3.63, 3.8) is 0 Å². The quantitative estimate of drug-likeness (QED) is 0.698. The van der Waals surface area contributed by atoms with Crippen molar-refractivity contribution >= 4 is 11.6 Å². The summed E-state index contributed by atoms with van der Waals surface area (Å²) in [5.41, 5.74) is 4.46. The summed E-state index contributed by atoms with van der Waals surface area (Å²) >= 11 is 0. The number of aliphatic hydroxyl groups is 2. The number of anilines is 1. The summed E-state index contributed by atoms with van der Waals surface area (Å²) in [5, 5.41) is 24.2. The number of aryl methyl sites for hydroxylation is 2. The zero-order chi connectivity index (χ0) is 22.2. The van der Waals surface area contributed by atoms with E-state index in [0.717, 1.165) is 48.5 Å². The van der Waals surface area contributed by atoms with Crippen LogP contribution in [0.4, 0.5) is 5.69 Å². The lowest BCUT2D eigenvalue weighted by Crippen LogP contribution is -2.51. The molecule has 1 amide bonds. The van der Waals surface area contributed by atoms with Crippen LogP contribution in [0.5, 0.6) is 5.75 Å². The number of likely N-dealkylation sites (tertiary alicyclic amines) is 1. The van der Waals surface area contributed by atoms with Crippen LogP contribution in [0.25, 0.3) is 0 Å². The smallest absolute Gasteiger partial charge is 0.221 e. The zero-order valence-electron chi connectivity index (χ0n) is 18.5. The second kappa shape index (κ2) is 8.61. The molecular formula is C25H32N2O4. The number of rotatable bonds is 4. The van der Waals surface area contributed by atoms with Crippen LogP contribution in [0, 0.1) is 13.8 Å². The summed E-state index contributed by atoms with van der Waals surface area (Å²) in [6.07, 6.45) is 1.17. The molecule has 166 valence electrons. The van der Waals surface area contributed by atoms with Gasteiger partial charge in [-0.2, -0.15) is 0 Å². The molecular weight excluding hydrogens is 392 g/mol. The molecule has 0 bridgehead atoms. The van der Waals surface area contributed by atoms with Crippen molar-refractivity contribution in [3.8, 4) is 5.75 Å². The fourth-order valence-electron chi connectivity index (χ4n) is 4.69. The highest BCUT2D eigenvalue weighted by molar-refractivity contribution is 5.88. The topological polar surface area (TPSA) is 82.0 Å². The van der Waals surface area contributed by atoms with Crippen LogP contribution in [-0.2, 0) is 4.79 Å². The molecule has 2 atom stereocenters. The van der Waals surface area contributed by atoms with E-state index in [4.69, 9.17) is 4.74 Å². The van der Waals surface area contributed by atoms with Gasteiger partial charge in [0, 0.05) is 44.2 Å². The SMILES string of the molecule is CC(=O)Nc1ccc([C@H](O)CN2CCC3(CC2)C[C@H](O)c2cc(C)c(C)cc2O3)cc1. The van der Waals surface area contributed by atoms with E-state index in [2.05, 4.69) is 30.1 Å². The number of carbonyl (C=O) groups is 1. The standard InChI is InChI=1S/C25H32N2O4/c1-16-12-21-22(29)14-25(31-24(21)13-17(16)2)8-10-27(11-9-25)15-23(30)19-4-6-20(7-5-19)26-18(3)28/h4-7,12-13,22-23,29-30H,8-11,14-15H2,1-3H3,(H,26,28)/t22-,23+/m0/s1. The van der Waals surface area contributed by atoms with Crippen LogP contribution in [0.15, 0.2) is 36.4 Å². The van der Waals surface area contributed by atoms with Crippen LogP contribution < -0.4 is 10.1 Å². The van der Waals surface area contributed by atoms with Gasteiger partial charge in [-0.25, -0.2) is 0 Å². The monoisotopic (exact) mass is 424 g/mol. The molecule has 2 aliphatic heterocycles. The minimum absolute atomic E-state index is 0.112. The van der Waals surface area contributed by atoms with E-state index in [1.54, 1.807) is 0 Å². The second-order valence-corrected chi connectivity index (χ2v) is 9.10. The number of amides is 1. The summed E-state index contributed by atoms with van der Waals surface area (Å²) in [6, 6.07) is 11.4. The first-order valence-electron chi connectivity index (χ1n) is 11.0. The average molecular weight is 425 g/mol. The van der Waals surface area contributed by atoms with Gasteiger partial charge in [0.1, 0.15) is 11.4 Å². The number of fused-ring (bicyclic) bond motifs is 1. The molecule has 31 heavy (non-hydrogen) atoms. The molecule has 1 spiro atoms. The normalized spacial score (nSPS) is 21.3. The van der Waals surface area contributed by atoms with E-state index >= 15 is 0 Å². The van der Waals surface area contributed by atoms with E-state index < -0.39 is 12.2 Å². The third kappa shape index (κ3) is 4.76. The number of carbonyl (C=O) groups excluding carboxylic acids is 1. The number of nitrogens with one attached hydrogen (secondary N) is 1. The number of benzene rings is 2. The lowest BCUT2D eigenvalue weighted by atomic mass is 9.81. The van der Waals surface area contributed by atoms with Gasteiger partial charge in [-0.1, -0.05) is 12.1 Å². The Hall–Kier alpha value is -2.41. The van der Waals surface area contributed by atoms with Gasteiger partial charge >= 0.3 is 0 Å². The molecule has 1 fully saturated rings. The van der Waals surface area contributed by atoms with Gasteiger partial charge in [0.25, 0.3) is 0 Å². The minimum Gasteiger partial charge on any atom is -0.487 e. The van der Waals surface area contributed by atoms with Crippen molar-refractivity contribution in [2.45, 2.75) is 57.8 Å². The zero-order valence-corrected chi connectivity index (χ0v) is 18.5. The van der Waals surface area contributed by atoms with E-state index in [-0.39, 0.29) is 11.5 Å². The van der Waals surface area contributed by atoms with Gasteiger partial charge in [-0.3, -0.25) is 4.79 Å². The van der Waals surface area contributed by atoms with Crippen LogP contribution in [0.1, 0.15) is 60.6 Å². The molecule has 0 aliphatic carbocycles. The summed E-state index contributed by atoms with van der Waals surface area (Å²) in [5.74, 6) is 0.702. The molecule has 2 aliphatic rings. The fraction of sp³-hybridized carbons (Fsp3) is 0.480. The van der Waals surface area contributed by atoms with Crippen molar-refractivity contribution in [1.29, 1.82) is 0 Å². The molecule has 2 heterocycles. The maximum absolute atomic E-state index is 11.1. The molecule has 2 aromatic carbocycles. The molecule has 0 unspecified atom stereocenters. The Kier molecular flexibility index (Phi) is 6.06. The second-order valence-electron chi connectivity index (χ2n) is 9.10. The molecule has 0 radical (unpaired) electrons. The number of aliphatic hydroxyl groups excluding tert-OH is 2. The largest absolute Gasteiger partial charge is 0.487 e. The van der Waals surface area contributed by atoms with Crippen LogP contribution in [-0.4, -0.2) is 46.3 Å². The summed E-state index contributed by atoms with van der Waals surface area (Å²) in [6.45, 7) is 7.78. The van der Waals surface area contributed by atoms with Gasteiger partial charge in [0.15, 0.2) is 0 Å². The van der Waals surface area contributed by atoms with Crippen molar-refractivity contribution in [2.24, 2.45) is 0 Å². The number of hydrogen-bond acceptors (Lipinski definition) is 5. The van der Waals surface area contributed by atoms with Crippen molar-refractivity contribution < 1.29 is 19.7 Å². The summed E-state index contributed by atoms with van der Waals surface area (Å²) in [7, 11) is 0. The number of ether oxygens (including phenoxy) is 1. The van der Waals surface area contributed by atoms with E-state index in [9.17, 15) is 15.0 Å². The van der Waals surface area contributed by atoms with Crippen LogP contribution in [0.3, 0.4) is 0 Å². The van der Waals surface area contributed by atoms with Gasteiger partial charge in [-0.15, -0.1) is 0 Å². The molecule has 4 rings (SSSR count). The summed E-state index contributed by atoms with van der Waals surface area (Å²) in [4.78, 5) is 13.4. The van der Waals surface area contributed by atoms with E-state index in [1.165, 1.54) is 18.1 Å². The lowest BCUT2D eigenvalue weighted by Gasteiger charge is -2.46. The van der Waals surface area contributed by atoms with Gasteiger partial charge in [-0.05, 0) is 67.6 Å². The van der Waals surface area contributed by atoms with Crippen molar-refractivity contribution in [3.05, 3.63) is 58.7 Å². The molecule has 1 saturated heterocycles. The van der Waals surface area contributed by atoms with Crippen LogP contribution in [0.2, 0.25) is 0 Å². The van der Waals surface area contributed by atoms with E-state index in [0.29, 0.717) is 13.0 Å². The molecule has 0 saturated carbocycles. The first-order valence-corrected chi connectivity index (χ1v) is 11.0. The Bertz CT molecular complexity index is 949. The Morgan fingerprint density at radius 1 is 1.19 bits per heavy atom. The molecule has 2 aromatic rings. The summed E-state index contributed by atoms with van der Waals surface area (Å²) < 4.78 is 6.47. The van der Waals surface area contributed by atoms with Crippen molar-refractivity contribution in [2.75, 3.05) is 25.0 Å². The highest BCUT2D eigenvalue weighted by Gasteiger charge is 2.43. The van der Waals surface area contributed by atoms with Crippen LogP contribution >= 0.6 is 0 Å². The average Bonchev–Trinajstić information content (AvgIpc) is 2.72.